The van der Waals surface area contributed by atoms with Crippen molar-refractivity contribution >= 4 is 17.4 Å². The number of aliphatic hydroxyl groups is 1. The molecule has 1 saturated heterocycles. The molecule has 4 rings (SSSR count). The highest BCUT2D eigenvalue weighted by molar-refractivity contribution is 6.46. The highest BCUT2D eigenvalue weighted by Gasteiger charge is 2.46. The molecule has 7 nitrogen and oxygen atoms in total. The third-order valence-electron chi connectivity index (χ3n) is 6.24. The van der Waals surface area contributed by atoms with Crippen LogP contribution in [-0.2, 0) is 16.0 Å². The molecule has 0 bridgehead atoms. The van der Waals surface area contributed by atoms with E-state index in [1.807, 2.05) is 6.07 Å². The van der Waals surface area contributed by atoms with Gasteiger partial charge in [0.25, 0.3) is 11.7 Å². The van der Waals surface area contributed by atoms with Gasteiger partial charge in [0.15, 0.2) is 11.5 Å². The van der Waals surface area contributed by atoms with Crippen molar-refractivity contribution in [3.8, 4) is 17.2 Å². The third kappa shape index (κ3) is 4.27. The van der Waals surface area contributed by atoms with E-state index in [1.54, 1.807) is 24.3 Å². The summed E-state index contributed by atoms with van der Waals surface area (Å²) in [7, 11) is 1.45. The molecule has 2 aromatic rings. The number of aliphatic hydroxyl groups excluding tert-OH is 1. The number of aryl methyl sites for hydroxylation is 1. The first-order valence-electron chi connectivity index (χ1n) is 11.4. The maximum absolute atomic E-state index is 13.1. The third-order valence-corrected chi connectivity index (χ3v) is 6.24. The van der Waals surface area contributed by atoms with E-state index in [2.05, 4.69) is 6.92 Å². The number of likely N-dealkylation sites (tertiary alicyclic amines) is 1. The van der Waals surface area contributed by atoms with Crippen LogP contribution < -0.4 is 9.47 Å². The van der Waals surface area contributed by atoms with E-state index in [-0.39, 0.29) is 22.8 Å². The lowest BCUT2D eigenvalue weighted by Crippen LogP contribution is -2.30. The van der Waals surface area contributed by atoms with Gasteiger partial charge < -0.3 is 24.6 Å². The van der Waals surface area contributed by atoms with Gasteiger partial charge in [-0.05, 0) is 60.7 Å². The van der Waals surface area contributed by atoms with E-state index in [4.69, 9.17) is 9.47 Å². The molecule has 2 N–H and O–H groups in total. The minimum atomic E-state index is -0.800. The van der Waals surface area contributed by atoms with Crippen molar-refractivity contribution in [1.82, 2.24) is 4.90 Å². The molecule has 0 aromatic heterocycles. The van der Waals surface area contributed by atoms with Gasteiger partial charge >= 0.3 is 0 Å². The summed E-state index contributed by atoms with van der Waals surface area (Å²) in [6, 6.07) is 9.28. The largest absolute Gasteiger partial charge is 0.507 e. The summed E-state index contributed by atoms with van der Waals surface area (Å²) in [6.45, 7) is 3.10. The van der Waals surface area contributed by atoms with Crippen molar-refractivity contribution < 1.29 is 29.3 Å². The van der Waals surface area contributed by atoms with Crippen molar-refractivity contribution in [3.63, 3.8) is 0 Å². The molecular weight excluding hydrogens is 422 g/mol. The van der Waals surface area contributed by atoms with Crippen LogP contribution >= 0.6 is 0 Å². The second-order valence-corrected chi connectivity index (χ2v) is 8.41. The Hall–Kier alpha value is -3.48. The Kier molecular flexibility index (Phi) is 6.58. The van der Waals surface area contributed by atoms with Gasteiger partial charge in [-0.25, -0.2) is 0 Å². The van der Waals surface area contributed by atoms with E-state index in [9.17, 15) is 19.8 Å². The zero-order valence-corrected chi connectivity index (χ0v) is 19.0. The molecule has 1 fully saturated rings. The molecule has 0 aliphatic carbocycles. The Morgan fingerprint density at radius 3 is 2.73 bits per heavy atom. The van der Waals surface area contributed by atoms with Crippen LogP contribution in [0, 0.1) is 0 Å². The summed E-state index contributed by atoms with van der Waals surface area (Å²) < 4.78 is 10.8. The predicted molar refractivity (Wildman–Crippen MR) is 123 cm³/mol. The number of hydrogen-bond acceptors (Lipinski definition) is 6. The number of hydrogen-bond donors (Lipinski definition) is 2. The number of amides is 1. The Morgan fingerprint density at radius 1 is 1.18 bits per heavy atom. The number of carbonyl (C=O) groups excluding carboxylic acids is 2. The number of benzene rings is 2. The first-order chi connectivity index (χ1) is 16.0. The SMILES string of the molecule is CCCCCN1C(=O)C(=O)/C(=C(\O)c2ccc3c(c2)CCCO3)C1c1ccc(OC)c(O)c1. The number of fused-ring (bicyclic) bond motifs is 1. The number of unbranched alkanes of at least 4 members (excludes halogenated alkanes) is 2. The monoisotopic (exact) mass is 451 g/mol. The van der Waals surface area contributed by atoms with Crippen LogP contribution in [0.15, 0.2) is 42.0 Å². The second kappa shape index (κ2) is 9.57. The lowest BCUT2D eigenvalue weighted by Gasteiger charge is -2.26. The average Bonchev–Trinajstić information content (AvgIpc) is 3.08. The maximum atomic E-state index is 13.1. The zero-order valence-electron chi connectivity index (χ0n) is 19.0. The lowest BCUT2D eigenvalue weighted by molar-refractivity contribution is -0.139. The van der Waals surface area contributed by atoms with Crippen molar-refractivity contribution in [2.24, 2.45) is 0 Å². The van der Waals surface area contributed by atoms with Crippen molar-refractivity contribution in [3.05, 3.63) is 58.7 Å². The molecule has 2 heterocycles. The van der Waals surface area contributed by atoms with E-state index in [1.165, 1.54) is 18.1 Å². The molecule has 2 aromatic carbocycles. The van der Waals surface area contributed by atoms with E-state index >= 15 is 0 Å². The Balaban J connectivity index is 1.82. The fourth-order valence-corrected chi connectivity index (χ4v) is 4.53. The number of ether oxygens (including phenoxy) is 2. The van der Waals surface area contributed by atoms with Crippen LogP contribution in [-0.4, -0.2) is 47.1 Å². The Bertz CT molecular complexity index is 1110. The number of ketones is 1. The van der Waals surface area contributed by atoms with Crippen LogP contribution in [0.25, 0.3) is 5.76 Å². The molecule has 1 atom stereocenters. The van der Waals surface area contributed by atoms with Gasteiger partial charge in [0.05, 0.1) is 25.3 Å². The topological polar surface area (TPSA) is 96.3 Å². The summed E-state index contributed by atoms with van der Waals surface area (Å²) in [5, 5.41) is 21.6. The van der Waals surface area contributed by atoms with Gasteiger partial charge in [-0.3, -0.25) is 9.59 Å². The standard InChI is InChI=1S/C26H29NO6/c1-3-4-5-12-27-23(17-8-11-21(32-2)19(28)15-17)22(25(30)26(27)31)24(29)18-9-10-20-16(14-18)7-6-13-33-20/h8-11,14-15,23,28-29H,3-7,12-13H2,1-2H3/b24-22-. The molecule has 0 saturated carbocycles. The molecular formula is C26H29NO6. The first-order valence-corrected chi connectivity index (χ1v) is 11.4. The quantitative estimate of drug-likeness (QED) is 0.281. The van der Waals surface area contributed by atoms with E-state index in [0.717, 1.165) is 43.4 Å². The number of carbonyl (C=O) groups is 2. The number of phenols is 1. The lowest BCUT2D eigenvalue weighted by atomic mass is 9.93. The molecule has 1 amide bonds. The number of nitrogens with zero attached hydrogens (tertiary/aromatic N) is 1. The van der Waals surface area contributed by atoms with E-state index in [0.29, 0.717) is 24.3 Å². The fourth-order valence-electron chi connectivity index (χ4n) is 4.53. The number of Topliss-reactive ketones (excluding diaryl/α,β-unsaturated/α-hetero) is 1. The van der Waals surface area contributed by atoms with Gasteiger partial charge in [-0.15, -0.1) is 0 Å². The molecule has 2 aliphatic rings. The normalized spacial score (nSPS) is 19.3. The maximum Gasteiger partial charge on any atom is 0.295 e. The molecule has 7 heteroatoms. The molecule has 2 aliphatic heterocycles. The van der Waals surface area contributed by atoms with E-state index < -0.39 is 17.7 Å². The average molecular weight is 452 g/mol. The van der Waals surface area contributed by atoms with Crippen molar-refractivity contribution in [2.45, 2.75) is 45.1 Å². The molecule has 1 unspecified atom stereocenters. The van der Waals surface area contributed by atoms with Crippen molar-refractivity contribution in [1.29, 1.82) is 0 Å². The fraction of sp³-hybridized carbons (Fsp3) is 0.385. The minimum Gasteiger partial charge on any atom is -0.507 e. The second-order valence-electron chi connectivity index (χ2n) is 8.41. The van der Waals surface area contributed by atoms with Crippen LogP contribution in [0.3, 0.4) is 0 Å². The minimum absolute atomic E-state index is 0.0257. The smallest absolute Gasteiger partial charge is 0.295 e. The molecule has 33 heavy (non-hydrogen) atoms. The summed E-state index contributed by atoms with van der Waals surface area (Å²) in [4.78, 5) is 27.6. The summed E-state index contributed by atoms with van der Waals surface area (Å²) in [5.74, 6) is -0.626. The summed E-state index contributed by atoms with van der Waals surface area (Å²) in [6.07, 6.45) is 4.31. The Labute approximate surface area is 193 Å². The zero-order chi connectivity index (χ0) is 23.5. The Morgan fingerprint density at radius 2 is 2.00 bits per heavy atom. The highest BCUT2D eigenvalue weighted by Crippen LogP contribution is 2.42. The highest BCUT2D eigenvalue weighted by atomic mass is 16.5. The van der Waals surface area contributed by atoms with Crippen LogP contribution in [0.2, 0.25) is 0 Å². The summed E-state index contributed by atoms with van der Waals surface area (Å²) in [5.41, 5.74) is 1.99. The summed E-state index contributed by atoms with van der Waals surface area (Å²) >= 11 is 0. The number of phenolic OH excluding ortho intramolecular Hbond substituents is 1. The number of rotatable bonds is 7. The van der Waals surface area contributed by atoms with Gasteiger partial charge in [0, 0.05) is 12.1 Å². The predicted octanol–water partition coefficient (Wildman–Crippen LogP) is 4.34. The van der Waals surface area contributed by atoms with Gasteiger partial charge in [-0.1, -0.05) is 25.8 Å². The molecule has 0 radical (unpaired) electrons. The molecule has 174 valence electrons. The number of methoxy groups -OCH3 is 1. The van der Waals surface area contributed by atoms with Crippen LogP contribution in [0.1, 0.15) is 55.3 Å². The number of aromatic hydroxyl groups is 1. The first kappa shape index (κ1) is 22.7. The molecule has 0 spiro atoms. The van der Waals surface area contributed by atoms with Gasteiger partial charge in [0.2, 0.25) is 0 Å². The van der Waals surface area contributed by atoms with Crippen LogP contribution in [0.4, 0.5) is 0 Å². The van der Waals surface area contributed by atoms with Gasteiger partial charge in [-0.2, -0.15) is 0 Å². The van der Waals surface area contributed by atoms with Crippen LogP contribution in [0.5, 0.6) is 17.2 Å². The van der Waals surface area contributed by atoms with Gasteiger partial charge in [0.1, 0.15) is 11.5 Å². The van der Waals surface area contributed by atoms with Crippen molar-refractivity contribution in [2.75, 3.05) is 20.3 Å².